The summed E-state index contributed by atoms with van der Waals surface area (Å²) in [5.41, 5.74) is 3.49. The van der Waals surface area contributed by atoms with Gasteiger partial charge in [0.15, 0.2) is 5.15 Å². The Bertz CT molecular complexity index is 1150. The first-order chi connectivity index (χ1) is 15.3. The average molecular weight is 458 g/mol. The van der Waals surface area contributed by atoms with Gasteiger partial charge in [0.2, 0.25) is 0 Å². The van der Waals surface area contributed by atoms with Crippen LogP contribution in [0.25, 0.3) is 16.6 Å². The zero-order valence-corrected chi connectivity index (χ0v) is 19.7. The molecule has 3 aromatic rings. The van der Waals surface area contributed by atoms with E-state index in [0.29, 0.717) is 22.8 Å². The van der Waals surface area contributed by atoms with Gasteiger partial charge in [0, 0.05) is 50.5 Å². The summed E-state index contributed by atoms with van der Waals surface area (Å²) in [5.74, 6) is 0.118. The highest BCUT2D eigenvalue weighted by Crippen LogP contribution is 2.36. The molecule has 0 unspecified atom stereocenters. The van der Waals surface area contributed by atoms with E-state index in [1.807, 2.05) is 44.4 Å². The minimum absolute atomic E-state index is 0.00313. The SMILES string of the molecule is CCN(C(=O)c1cc(F)ccc1-c1cc(N2CCNCC2)cn2c(C)nc(Cl)c12)C(C)C. The predicted octanol–water partition coefficient (Wildman–Crippen LogP) is 4.38. The van der Waals surface area contributed by atoms with Gasteiger partial charge in [0.1, 0.15) is 11.6 Å². The normalized spacial score (nSPS) is 14.4. The highest BCUT2D eigenvalue weighted by Gasteiger charge is 2.25. The van der Waals surface area contributed by atoms with Crippen LogP contribution in [-0.2, 0) is 0 Å². The summed E-state index contributed by atoms with van der Waals surface area (Å²) < 4.78 is 16.3. The molecule has 0 aliphatic carbocycles. The number of carbonyl (C=O) groups is 1. The molecule has 1 saturated heterocycles. The monoisotopic (exact) mass is 457 g/mol. The van der Waals surface area contributed by atoms with Crippen molar-refractivity contribution in [1.82, 2.24) is 19.6 Å². The maximum absolute atomic E-state index is 14.3. The fraction of sp³-hybridized carbons (Fsp3) is 0.417. The topological polar surface area (TPSA) is 52.9 Å². The largest absolute Gasteiger partial charge is 0.368 e. The van der Waals surface area contributed by atoms with Crippen molar-refractivity contribution in [2.45, 2.75) is 33.7 Å². The van der Waals surface area contributed by atoms with Crippen molar-refractivity contribution in [3.8, 4) is 11.1 Å². The fourth-order valence-electron chi connectivity index (χ4n) is 4.42. The Morgan fingerprint density at radius 2 is 1.97 bits per heavy atom. The summed E-state index contributed by atoms with van der Waals surface area (Å²) in [5, 5.41) is 3.73. The summed E-state index contributed by atoms with van der Waals surface area (Å²) in [4.78, 5) is 22.0. The smallest absolute Gasteiger partial charge is 0.254 e. The second kappa shape index (κ2) is 9.08. The number of nitrogens with zero attached hydrogens (tertiary/aromatic N) is 4. The lowest BCUT2D eigenvalue weighted by atomic mass is 9.97. The van der Waals surface area contributed by atoms with E-state index < -0.39 is 5.82 Å². The molecular weight excluding hydrogens is 429 g/mol. The summed E-state index contributed by atoms with van der Waals surface area (Å²) in [6.45, 7) is 11.8. The molecule has 0 saturated carbocycles. The van der Waals surface area contributed by atoms with E-state index in [-0.39, 0.29) is 11.9 Å². The van der Waals surface area contributed by atoms with Crippen LogP contribution < -0.4 is 10.2 Å². The van der Waals surface area contributed by atoms with Crippen molar-refractivity contribution in [2.24, 2.45) is 0 Å². The Labute approximate surface area is 193 Å². The third-order valence-corrected chi connectivity index (χ3v) is 6.33. The van der Waals surface area contributed by atoms with E-state index in [2.05, 4.69) is 15.2 Å². The molecule has 1 aromatic carbocycles. The maximum atomic E-state index is 14.3. The van der Waals surface area contributed by atoms with E-state index in [0.717, 1.165) is 48.8 Å². The molecule has 0 radical (unpaired) electrons. The minimum atomic E-state index is -0.443. The first kappa shape index (κ1) is 22.6. The van der Waals surface area contributed by atoms with Crippen LogP contribution in [-0.4, -0.2) is 59.0 Å². The van der Waals surface area contributed by atoms with E-state index in [9.17, 15) is 9.18 Å². The third kappa shape index (κ3) is 4.07. The molecule has 0 spiro atoms. The molecule has 1 amide bonds. The van der Waals surface area contributed by atoms with Crippen molar-refractivity contribution in [3.63, 3.8) is 0 Å². The van der Waals surface area contributed by atoms with Gasteiger partial charge in [-0.2, -0.15) is 0 Å². The molecule has 4 rings (SSSR count). The van der Waals surface area contributed by atoms with Gasteiger partial charge in [-0.05, 0) is 51.5 Å². The van der Waals surface area contributed by atoms with Gasteiger partial charge in [-0.25, -0.2) is 9.37 Å². The number of anilines is 1. The number of rotatable bonds is 5. The number of piperazine rings is 1. The zero-order valence-electron chi connectivity index (χ0n) is 19.0. The number of aryl methyl sites for hydroxylation is 1. The predicted molar refractivity (Wildman–Crippen MR) is 127 cm³/mol. The van der Waals surface area contributed by atoms with Gasteiger partial charge in [-0.3, -0.25) is 9.20 Å². The second-order valence-corrected chi connectivity index (χ2v) is 8.75. The van der Waals surface area contributed by atoms with Crippen LogP contribution in [0.3, 0.4) is 0 Å². The van der Waals surface area contributed by atoms with Gasteiger partial charge in [-0.15, -0.1) is 0 Å². The maximum Gasteiger partial charge on any atom is 0.254 e. The van der Waals surface area contributed by atoms with Crippen molar-refractivity contribution in [3.05, 3.63) is 52.8 Å². The van der Waals surface area contributed by atoms with Crippen LogP contribution in [0.15, 0.2) is 30.5 Å². The number of aromatic nitrogens is 2. The Kier molecular flexibility index (Phi) is 6.40. The number of imidazole rings is 1. The van der Waals surface area contributed by atoms with Gasteiger partial charge in [0.05, 0.1) is 16.8 Å². The lowest BCUT2D eigenvalue weighted by molar-refractivity contribution is 0.0717. The summed E-state index contributed by atoms with van der Waals surface area (Å²) in [6, 6.07) is 6.43. The lowest BCUT2D eigenvalue weighted by Crippen LogP contribution is -2.43. The van der Waals surface area contributed by atoms with Crippen LogP contribution in [0.5, 0.6) is 0 Å². The minimum Gasteiger partial charge on any atom is -0.368 e. The Hall–Kier alpha value is -2.64. The van der Waals surface area contributed by atoms with Crippen molar-refractivity contribution in [1.29, 1.82) is 0 Å². The average Bonchev–Trinajstić information content (AvgIpc) is 3.07. The number of nitrogens with one attached hydrogen (secondary N) is 1. The number of benzene rings is 1. The third-order valence-electron chi connectivity index (χ3n) is 6.06. The summed E-state index contributed by atoms with van der Waals surface area (Å²) >= 11 is 6.55. The Balaban J connectivity index is 1.96. The summed E-state index contributed by atoms with van der Waals surface area (Å²) in [6.07, 6.45) is 2.04. The number of amides is 1. The number of pyridine rings is 1. The Morgan fingerprint density at radius 3 is 2.62 bits per heavy atom. The number of hydrogen-bond acceptors (Lipinski definition) is 4. The quantitative estimate of drug-likeness (QED) is 0.617. The van der Waals surface area contributed by atoms with Crippen LogP contribution in [0, 0.1) is 12.7 Å². The molecule has 1 N–H and O–H groups in total. The number of fused-ring (bicyclic) bond motifs is 1. The highest BCUT2D eigenvalue weighted by molar-refractivity contribution is 6.33. The Morgan fingerprint density at radius 1 is 1.25 bits per heavy atom. The zero-order chi connectivity index (χ0) is 23.0. The molecule has 2 aromatic heterocycles. The molecule has 1 aliphatic heterocycles. The summed E-state index contributed by atoms with van der Waals surface area (Å²) in [7, 11) is 0. The molecule has 3 heterocycles. The van der Waals surface area contributed by atoms with Gasteiger partial charge in [-0.1, -0.05) is 17.7 Å². The van der Waals surface area contributed by atoms with Crippen molar-refractivity contribution in [2.75, 3.05) is 37.6 Å². The van der Waals surface area contributed by atoms with Gasteiger partial charge in [0.25, 0.3) is 5.91 Å². The van der Waals surface area contributed by atoms with Gasteiger partial charge >= 0.3 is 0 Å². The molecule has 1 aliphatic rings. The molecule has 0 atom stereocenters. The van der Waals surface area contributed by atoms with Crippen LogP contribution in [0.2, 0.25) is 5.15 Å². The van der Waals surface area contributed by atoms with E-state index in [4.69, 9.17) is 11.6 Å². The fourth-order valence-corrected chi connectivity index (χ4v) is 4.74. The van der Waals surface area contributed by atoms with Crippen molar-refractivity contribution < 1.29 is 9.18 Å². The molecule has 6 nitrogen and oxygen atoms in total. The number of hydrogen-bond donors (Lipinski definition) is 1. The van der Waals surface area contributed by atoms with E-state index in [1.54, 1.807) is 11.0 Å². The molecule has 0 bridgehead atoms. The first-order valence-corrected chi connectivity index (χ1v) is 11.4. The van der Waals surface area contributed by atoms with Crippen LogP contribution in [0.4, 0.5) is 10.1 Å². The number of halogens is 2. The molecule has 170 valence electrons. The number of carbonyl (C=O) groups excluding carboxylic acids is 1. The molecule has 8 heteroatoms. The second-order valence-electron chi connectivity index (χ2n) is 8.39. The lowest BCUT2D eigenvalue weighted by Gasteiger charge is -2.30. The standard InChI is InChI=1S/C24H29ClFN5O/c1-5-30(15(2)3)24(32)21-12-17(26)6-7-19(21)20-13-18(29-10-8-27-9-11-29)14-31-16(4)28-23(25)22(20)31/h6-7,12-15,27H,5,8-11H2,1-4H3. The molecule has 32 heavy (non-hydrogen) atoms. The van der Waals surface area contributed by atoms with Gasteiger partial charge < -0.3 is 15.1 Å². The highest BCUT2D eigenvalue weighted by atomic mass is 35.5. The van der Waals surface area contributed by atoms with E-state index in [1.165, 1.54) is 12.1 Å². The van der Waals surface area contributed by atoms with E-state index >= 15 is 0 Å². The van der Waals surface area contributed by atoms with Crippen LogP contribution in [0.1, 0.15) is 37.0 Å². The van der Waals surface area contributed by atoms with Crippen molar-refractivity contribution >= 4 is 28.7 Å². The molecular formula is C24H29ClFN5O. The first-order valence-electron chi connectivity index (χ1n) is 11.1. The van der Waals surface area contributed by atoms with Crippen LogP contribution >= 0.6 is 11.6 Å². The molecule has 1 fully saturated rings.